The second kappa shape index (κ2) is 10.2. The molecule has 0 spiro atoms. The molecular formula is C24H14BrCl3N2O4. The first-order valence-electron chi connectivity index (χ1n) is 9.77. The summed E-state index contributed by atoms with van der Waals surface area (Å²) >= 11 is 21.9. The standard InChI is InChI=1S/C24H14BrCl3N2O4/c25-18-10-13(11-20(28)21(18)34-12-14-3-1-2-4-19(14)27)9-17-22(31)29-24(33)30(23(17)32)16-7-5-15(26)6-8-16/h1-11H,12H2,(H,29,31,33)/b17-9+. The monoisotopic (exact) mass is 578 g/mol. The molecule has 3 aromatic rings. The lowest BCUT2D eigenvalue weighted by atomic mass is 10.1. The van der Waals surface area contributed by atoms with Crippen molar-refractivity contribution in [3.8, 4) is 5.75 Å². The molecule has 4 amide bonds. The van der Waals surface area contributed by atoms with E-state index in [0.29, 0.717) is 25.8 Å². The van der Waals surface area contributed by atoms with Crippen molar-refractivity contribution in [2.45, 2.75) is 6.61 Å². The highest BCUT2D eigenvalue weighted by molar-refractivity contribution is 9.10. The molecule has 0 aliphatic carbocycles. The Bertz CT molecular complexity index is 1320. The first-order chi connectivity index (χ1) is 16.2. The van der Waals surface area contributed by atoms with Crippen LogP contribution in [-0.2, 0) is 16.2 Å². The van der Waals surface area contributed by atoms with Gasteiger partial charge in [0.2, 0.25) is 0 Å². The number of benzene rings is 3. The molecule has 1 aliphatic rings. The van der Waals surface area contributed by atoms with Crippen LogP contribution in [0, 0.1) is 0 Å². The molecule has 0 unspecified atom stereocenters. The Labute approximate surface area is 218 Å². The van der Waals surface area contributed by atoms with Gasteiger partial charge in [-0.05, 0) is 70.0 Å². The number of carbonyl (C=O) groups is 3. The molecule has 34 heavy (non-hydrogen) atoms. The number of amides is 4. The van der Waals surface area contributed by atoms with Gasteiger partial charge in [0, 0.05) is 15.6 Å². The number of hydrogen-bond donors (Lipinski definition) is 1. The number of halogens is 4. The van der Waals surface area contributed by atoms with Crippen LogP contribution < -0.4 is 15.0 Å². The summed E-state index contributed by atoms with van der Waals surface area (Å²) in [6.07, 6.45) is 1.35. The quantitative estimate of drug-likeness (QED) is 0.271. The zero-order valence-electron chi connectivity index (χ0n) is 17.2. The van der Waals surface area contributed by atoms with Crippen molar-refractivity contribution in [3.05, 3.63) is 96.9 Å². The predicted octanol–water partition coefficient (Wildman–Crippen LogP) is 6.65. The molecule has 6 nitrogen and oxygen atoms in total. The van der Waals surface area contributed by atoms with Crippen LogP contribution in [0.2, 0.25) is 15.1 Å². The molecule has 10 heteroatoms. The molecule has 0 bridgehead atoms. The molecule has 1 N–H and O–H groups in total. The maximum absolute atomic E-state index is 13.0. The first-order valence-corrected chi connectivity index (χ1v) is 11.7. The molecule has 172 valence electrons. The van der Waals surface area contributed by atoms with Crippen LogP contribution in [0.15, 0.2) is 70.7 Å². The van der Waals surface area contributed by atoms with Gasteiger partial charge in [-0.1, -0.05) is 53.0 Å². The van der Waals surface area contributed by atoms with E-state index < -0.39 is 17.8 Å². The van der Waals surface area contributed by atoms with Crippen LogP contribution in [0.1, 0.15) is 11.1 Å². The molecule has 1 heterocycles. The summed E-state index contributed by atoms with van der Waals surface area (Å²) in [4.78, 5) is 38.6. The van der Waals surface area contributed by atoms with Gasteiger partial charge in [-0.3, -0.25) is 14.9 Å². The van der Waals surface area contributed by atoms with Crippen molar-refractivity contribution >= 4 is 80.3 Å². The first kappa shape index (κ1) is 24.3. The molecular weight excluding hydrogens is 567 g/mol. The van der Waals surface area contributed by atoms with E-state index in [0.717, 1.165) is 10.5 Å². The fraction of sp³-hybridized carbons (Fsp3) is 0.0417. The van der Waals surface area contributed by atoms with Gasteiger partial charge in [0.05, 0.1) is 15.2 Å². The minimum Gasteiger partial charge on any atom is -0.486 e. The Kier molecular flexibility index (Phi) is 7.28. The third-order valence-corrected chi connectivity index (χ3v) is 6.34. The van der Waals surface area contributed by atoms with Gasteiger partial charge in [-0.2, -0.15) is 0 Å². The highest BCUT2D eigenvalue weighted by Gasteiger charge is 2.36. The fourth-order valence-corrected chi connectivity index (χ4v) is 4.52. The maximum Gasteiger partial charge on any atom is 0.335 e. The van der Waals surface area contributed by atoms with E-state index in [1.807, 2.05) is 18.2 Å². The molecule has 1 aliphatic heterocycles. The van der Waals surface area contributed by atoms with Crippen molar-refractivity contribution in [2.75, 3.05) is 4.90 Å². The minimum atomic E-state index is -0.850. The number of nitrogens with one attached hydrogen (secondary N) is 1. The molecule has 1 saturated heterocycles. The average Bonchev–Trinajstić information content (AvgIpc) is 2.78. The Hall–Kier alpha value is -2.84. The van der Waals surface area contributed by atoms with Crippen LogP contribution in [0.25, 0.3) is 6.08 Å². The minimum absolute atomic E-state index is 0.192. The van der Waals surface area contributed by atoms with E-state index in [2.05, 4.69) is 21.2 Å². The maximum atomic E-state index is 13.0. The highest BCUT2D eigenvalue weighted by atomic mass is 79.9. The molecule has 0 atom stereocenters. The molecule has 0 radical (unpaired) electrons. The number of anilines is 1. The van der Waals surface area contributed by atoms with Gasteiger partial charge in [-0.15, -0.1) is 0 Å². The average molecular weight is 581 g/mol. The largest absolute Gasteiger partial charge is 0.486 e. The van der Waals surface area contributed by atoms with E-state index in [4.69, 9.17) is 39.5 Å². The smallest absolute Gasteiger partial charge is 0.335 e. The lowest BCUT2D eigenvalue weighted by Crippen LogP contribution is -2.54. The summed E-state index contributed by atoms with van der Waals surface area (Å²) in [7, 11) is 0. The second-order valence-corrected chi connectivity index (χ2v) is 9.23. The van der Waals surface area contributed by atoms with Crippen LogP contribution >= 0.6 is 50.7 Å². The third-order valence-electron chi connectivity index (χ3n) is 4.85. The van der Waals surface area contributed by atoms with Crippen molar-refractivity contribution in [1.82, 2.24) is 5.32 Å². The van der Waals surface area contributed by atoms with Gasteiger partial charge in [-0.25, -0.2) is 9.69 Å². The number of rotatable bonds is 5. The number of barbiturate groups is 1. The Balaban J connectivity index is 1.61. The summed E-state index contributed by atoms with van der Waals surface area (Å²) in [6.45, 7) is 0.192. The lowest BCUT2D eigenvalue weighted by molar-refractivity contribution is -0.122. The second-order valence-electron chi connectivity index (χ2n) is 7.13. The van der Waals surface area contributed by atoms with Crippen molar-refractivity contribution < 1.29 is 19.1 Å². The summed E-state index contributed by atoms with van der Waals surface area (Å²) in [5.41, 5.74) is 1.27. The SMILES string of the molecule is O=C1NC(=O)N(c2ccc(Cl)cc2)C(=O)/C1=C/c1cc(Cl)c(OCc2ccccc2Cl)c(Br)c1. The predicted molar refractivity (Wildman–Crippen MR) is 135 cm³/mol. The molecule has 0 saturated carbocycles. The Morgan fingerprint density at radius 1 is 0.941 bits per heavy atom. The third kappa shape index (κ3) is 5.13. The molecule has 1 fully saturated rings. The zero-order chi connectivity index (χ0) is 24.4. The molecule has 0 aromatic heterocycles. The zero-order valence-corrected chi connectivity index (χ0v) is 21.0. The van der Waals surface area contributed by atoms with Gasteiger partial charge >= 0.3 is 6.03 Å². The Morgan fingerprint density at radius 3 is 2.32 bits per heavy atom. The van der Waals surface area contributed by atoms with Crippen molar-refractivity contribution in [1.29, 1.82) is 0 Å². The number of hydrogen-bond acceptors (Lipinski definition) is 4. The number of nitrogens with zero attached hydrogens (tertiary/aromatic N) is 1. The van der Waals surface area contributed by atoms with E-state index in [-0.39, 0.29) is 22.9 Å². The fourth-order valence-electron chi connectivity index (χ4n) is 3.21. The van der Waals surface area contributed by atoms with E-state index in [1.165, 1.54) is 30.3 Å². The Morgan fingerprint density at radius 2 is 1.65 bits per heavy atom. The molecule has 3 aromatic carbocycles. The van der Waals surface area contributed by atoms with Crippen LogP contribution in [0.4, 0.5) is 10.5 Å². The van der Waals surface area contributed by atoms with Gasteiger partial charge in [0.15, 0.2) is 5.75 Å². The van der Waals surface area contributed by atoms with Crippen molar-refractivity contribution in [3.63, 3.8) is 0 Å². The summed E-state index contributed by atoms with van der Waals surface area (Å²) in [5.74, 6) is -1.21. The molecule has 4 rings (SSSR count). The van der Waals surface area contributed by atoms with Crippen LogP contribution in [-0.4, -0.2) is 17.8 Å². The number of imide groups is 2. The van der Waals surface area contributed by atoms with Gasteiger partial charge in [0.1, 0.15) is 12.2 Å². The normalized spacial score (nSPS) is 15.0. The number of ether oxygens (including phenoxy) is 1. The van der Waals surface area contributed by atoms with E-state index >= 15 is 0 Å². The van der Waals surface area contributed by atoms with Crippen molar-refractivity contribution in [2.24, 2.45) is 0 Å². The lowest BCUT2D eigenvalue weighted by Gasteiger charge is -2.26. The number of urea groups is 1. The van der Waals surface area contributed by atoms with Gasteiger partial charge < -0.3 is 4.74 Å². The van der Waals surface area contributed by atoms with Crippen LogP contribution in [0.3, 0.4) is 0 Å². The summed E-state index contributed by atoms with van der Waals surface area (Å²) < 4.78 is 6.33. The van der Waals surface area contributed by atoms with E-state index in [9.17, 15) is 14.4 Å². The topological polar surface area (TPSA) is 75.7 Å². The van der Waals surface area contributed by atoms with Crippen LogP contribution in [0.5, 0.6) is 5.75 Å². The number of carbonyl (C=O) groups excluding carboxylic acids is 3. The summed E-state index contributed by atoms with van der Waals surface area (Å²) in [5, 5.41) is 3.43. The van der Waals surface area contributed by atoms with E-state index in [1.54, 1.807) is 18.2 Å². The van der Waals surface area contributed by atoms with Gasteiger partial charge in [0.25, 0.3) is 11.8 Å². The summed E-state index contributed by atoms with van der Waals surface area (Å²) in [6, 6.07) is 15.7. The highest BCUT2D eigenvalue weighted by Crippen LogP contribution is 2.36.